The Balaban J connectivity index is 1.53. The summed E-state index contributed by atoms with van der Waals surface area (Å²) in [6.07, 6.45) is 5.18. The van der Waals surface area contributed by atoms with Gasteiger partial charge in [0.25, 0.3) is 0 Å². The fourth-order valence-electron chi connectivity index (χ4n) is 2.91. The van der Waals surface area contributed by atoms with Crippen molar-refractivity contribution in [1.82, 2.24) is 35.1 Å². The lowest BCUT2D eigenvalue weighted by atomic mass is 9.92. The van der Waals surface area contributed by atoms with Gasteiger partial charge >= 0.3 is 0 Å². The number of hydrogen-bond donors (Lipinski definition) is 1. The minimum absolute atomic E-state index is 0.110. The zero-order valence-corrected chi connectivity index (χ0v) is 13.5. The standard InChI is InChI=1S/C13H12Cl2N8/c14-11-18-12(15)20-13(19-11)23-3-1-7(2-4-23)9-8-5-16-6-17-10(8)22-21-9/h5-7H,1-4H2,(H,16,17,21,22). The molecular weight excluding hydrogens is 339 g/mol. The quantitative estimate of drug-likeness (QED) is 0.756. The van der Waals surface area contributed by atoms with Gasteiger partial charge in [0.15, 0.2) is 5.65 Å². The molecule has 4 heterocycles. The summed E-state index contributed by atoms with van der Waals surface area (Å²) in [6, 6.07) is 0. The molecule has 4 rings (SSSR count). The molecule has 0 amide bonds. The second-order valence-electron chi connectivity index (χ2n) is 5.33. The van der Waals surface area contributed by atoms with Crippen LogP contribution < -0.4 is 4.90 Å². The topological polar surface area (TPSA) is 96.4 Å². The normalized spacial score (nSPS) is 16.2. The number of rotatable bonds is 2. The number of hydrogen-bond acceptors (Lipinski definition) is 7. The Morgan fingerprint density at radius 2 is 1.83 bits per heavy atom. The summed E-state index contributed by atoms with van der Waals surface area (Å²) >= 11 is 11.7. The summed E-state index contributed by atoms with van der Waals surface area (Å²) in [4.78, 5) is 22.4. The van der Waals surface area contributed by atoms with E-state index >= 15 is 0 Å². The van der Waals surface area contributed by atoms with Gasteiger partial charge in [-0.15, -0.1) is 0 Å². The second-order valence-corrected chi connectivity index (χ2v) is 6.01. The predicted octanol–water partition coefficient (Wildman–Crippen LogP) is 2.23. The van der Waals surface area contributed by atoms with Crippen LogP contribution in [0, 0.1) is 0 Å². The van der Waals surface area contributed by atoms with E-state index in [0.717, 1.165) is 37.0 Å². The van der Waals surface area contributed by atoms with E-state index in [1.807, 2.05) is 0 Å². The average Bonchev–Trinajstić information content (AvgIpc) is 2.98. The Morgan fingerprint density at radius 1 is 1.09 bits per heavy atom. The van der Waals surface area contributed by atoms with E-state index in [1.165, 1.54) is 6.33 Å². The summed E-state index contributed by atoms with van der Waals surface area (Å²) in [5.41, 5.74) is 1.79. The van der Waals surface area contributed by atoms with Crippen molar-refractivity contribution in [2.24, 2.45) is 0 Å². The third kappa shape index (κ3) is 2.79. The molecule has 0 spiro atoms. The van der Waals surface area contributed by atoms with Crippen LogP contribution in [0.15, 0.2) is 12.5 Å². The fourth-order valence-corrected chi connectivity index (χ4v) is 3.27. The monoisotopic (exact) mass is 350 g/mol. The highest BCUT2D eigenvalue weighted by Crippen LogP contribution is 2.31. The summed E-state index contributed by atoms with van der Waals surface area (Å²) in [5.74, 6) is 0.890. The maximum atomic E-state index is 5.84. The first-order valence-corrected chi connectivity index (χ1v) is 7.92. The van der Waals surface area contributed by atoms with Crippen LogP contribution in [0.5, 0.6) is 0 Å². The summed E-state index contributed by atoms with van der Waals surface area (Å²) < 4.78 is 0. The highest BCUT2D eigenvalue weighted by atomic mass is 35.5. The van der Waals surface area contributed by atoms with Gasteiger partial charge in [0.05, 0.1) is 5.39 Å². The molecule has 0 radical (unpaired) electrons. The molecule has 1 aliphatic heterocycles. The zero-order chi connectivity index (χ0) is 15.8. The number of fused-ring (bicyclic) bond motifs is 1. The molecule has 0 aliphatic carbocycles. The number of piperidine rings is 1. The van der Waals surface area contributed by atoms with Gasteiger partial charge in [-0.3, -0.25) is 5.10 Å². The molecule has 0 bridgehead atoms. The zero-order valence-electron chi connectivity index (χ0n) is 11.9. The minimum atomic E-state index is 0.110. The molecule has 3 aromatic heterocycles. The molecule has 10 heteroatoms. The van der Waals surface area contributed by atoms with Crippen molar-refractivity contribution in [3.8, 4) is 0 Å². The van der Waals surface area contributed by atoms with Crippen molar-refractivity contribution >= 4 is 40.2 Å². The van der Waals surface area contributed by atoms with E-state index in [-0.39, 0.29) is 10.6 Å². The first kappa shape index (κ1) is 14.5. The number of aromatic nitrogens is 7. The van der Waals surface area contributed by atoms with Gasteiger partial charge in [0.2, 0.25) is 16.5 Å². The predicted molar refractivity (Wildman–Crippen MR) is 85.7 cm³/mol. The SMILES string of the molecule is Clc1nc(Cl)nc(N2CCC(c3[nH]nc4ncncc34)CC2)n1. The van der Waals surface area contributed by atoms with Crippen LogP contribution in [-0.2, 0) is 0 Å². The first-order valence-electron chi connectivity index (χ1n) is 7.16. The van der Waals surface area contributed by atoms with E-state index in [0.29, 0.717) is 17.5 Å². The Labute approximate surface area is 141 Å². The molecule has 0 saturated carbocycles. The van der Waals surface area contributed by atoms with E-state index in [9.17, 15) is 0 Å². The van der Waals surface area contributed by atoms with Crippen molar-refractivity contribution in [1.29, 1.82) is 0 Å². The average molecular weight is 351 g/mol. The van der Waals surface area contributed by atoms with Crippen LogP contribution in [0.3, 0.4) is 0 Å². The van der Waals surface area contributed by atoms with Crippen LogP contribution in [0.25, 0.3) is 11.0 Å². The fraction of sp³-hybridized carbons (Fsp3) is 0.385. The Bertz CT molecular complexity index is 823. The molecule has 8 nitrogen and oxygen atoms in total. The van der Waals surface area contributed by atoms with Crippen LogP contribution in [0.1, 0.15) is 24.5 Å². The lowest BCUT2D eigenvalue weighted by Crippen LogP contribution is -2.34. The number of nitrogens with one attached hydrogen (secondary N) is 1. The second kappa shape index (κ2) is 5.86. The van der Waals surface area contributed by atoms with Gasteiger partial charge in [-0.25, -0.2) is 9.97 Å². The van der Waals surface area contributed by atoms with Gasteiger partial charge in [-0.2, -0.15) is 20.1 Å². The summed E-state index contributed by atoms with van der Waals surface area (Å²) in [7, 11) is 0. The first-order chi connectivity index (χ1) is 11.2. The largest absolute Gasteiger partial charge is 0.341 e. The van der Waals surface area contributed by atoms with Crippen LogP contribution in [-0.4, -0.2) is 48.2 Å². The highest BCUT2D eigenvalue weighted by molar-refractivity contribution is 6.31. The van der Waals surface area contributed by atoms with Crippen molar-refractivity contribution in [3.05, 3.63) is 28.8 Å². The van der Waals surface area contributed by atoms with E-state index in [1.54, 1.807) is 6.20 Å². The molecule has 1 aliphatic rings. The van der Waals surface area contributed by atoms with Gasteiger partial charge < -0.3 is 4.90 Å². The third-order valence-corrected chi connectivity index (χ3v) is 4.36. The van der Waals surface area contributed by atoms with Gasteiger partial charge in [0.1, 0.15) is 6.33 Å². The molecule has 0 aromatic carbocycles. The molecule has 3 aromatic rings. The minimum Gasteiger partial charge on any atom is -0.341 e. The third-order valence-electron chi connectivity index (χ3n) is 4.02. The van der Waals surface area contributed by atoms with E-state index < -0.39 is 0 Å². The van der Waals surface area contributed by atoms with Crippen molar-refractivity contribution < 1.29 is 0 Å². The number of anilines is 1. The van der Waals surface area contributed by atoms with E-state index in [4.69, 9.17) is 23.2 Å². The Morgan fingerprint density at radius 3 is 2.57 bits per heavy atom. The number of aromatic amines is 1. The Kier molecular flexibility index (Phi) is 3.70. The molecule has 118 valence electrons. The van der Waals surface area contributed by atoms with Crippen molar-refractivity contribution in [3.63, 3.8) is 0 Å². The Hall–Kier alpha value is -2.06. The smallest absolute Gasteiger partial charge is 0.230 e. The van der Waals surface area contributed by atoms with Crippen molar-refractivity contribution in [2.75, 3.05) is 18.0 Å². The van der Waals surface area contributed by atoms with Crippen LogP contribution >= 0.6 is 23.2 Å². The molecule has 23 heavy (non-hydrogen) atoms. The van der Waals surface area contributed by atoms with Crippen LogP contribution in [0.2, 0.25) is 10.6 Å². The molecule has 1 N–H and O–H groups in total. The number of halogens is 2. The number of H-pyrrole nitrogens is 1. The van der Waals surface area contributed by atoms with Gasteiger partial charge in [0, 0.05) is 30.9 Å². The maximum absolute atomic E-state index is 5.84. The molecule has 0 atom stereocenters. The van der Waals surface area contributed by atoms with Gasteiger partial charge in [-0.1, -0.05) is 0 Å². The lowest BCUT2D eigenvalue weighted by Gasteiger charge is -2.31. The maximum Gasteiger partial charge on any atom is 0.230 e. The van der Waals surface area contributed by atoms with Crippen molar-refractivity contribution in [2.45, 2.75) is 18.8 Å². The molecule has 1 saturated heterocycles. The molecular formula is C13H12Cl2N8. The number of nitrogens with zero attached hydrogens (tertiary/aromatic N) is 7. The summed E-state index contributed by atoms with van der Waals surface area (Å²) in [5, 5.41) is 8.54. The highest BCUT2D eigenvalue weighted by Gasteiger charge is 2.25. The summed E-state index contributed by atoms with van der Waals surface area (Å²) in [6.45, 7) is 1.60. The molecule has 0 unspecified atom stereocenters. The lowest BCUT2D eigenvalue weighted by molar-refractivity contribution is 0.492. The van der Waals surface area contributed by atoms with Gasteiger partial charge in [-0.05, 0) is 36.0 Å². The molecule has 1 fully saturated rings. The van der Waals surface area contributed by atoms with Crippen LogP contribution in [0.4, 0.5) is 5.95 Å². The van der Waals surface area contributed by atoms with E-state index in [2.05, 4.69) is 40.0 Å².